The molecule has 0 N–H and O–H groups in total. The zero-order valence-corrected chi connectivity index (χ0v) is 12.3. The predicted octanol–water partition coefficient (Wildman–Crippen LogP) is 3.42. The molecule has 1 rings (SSSR count). The summed E-state index contributed by atoms with van der Waals surface area (Å²) < 4.78 is 2.17. The van der Waals surface area contributed by atoms with Crippen molar-refractivity contribution in [3.63, 3.8) is 0 Å². The van der Waals surface area contributed by atoms with Crippen LogP contribution in [0.1, 0.15) is 33.6 Å². The lowest BCUT2D eigenvalue weighted by Crippen LogP contribution is -2.67. The summed E-state index contributed by atoms with van der Waals surface area (Å²) >= 11 is 0. The van der Waals surface area contributed by atoms with Gasteiger partial charge >= 0.3 is 0 Å². The summed E-state index contributed by atoms with van der Waals surface area (Å²) in [6.45, 7) is 16.0. The molecule has 0 aromatic heterocycles. The van der Waals surface area contributed by atoms with Gasteiger partial charge in [-0.2, -0.15) is 0 Å². The lowest BCUT2D eigenvalue weighted by molar-refractivity contribution is -0.141. The topological polar surface area (TPSA) is 20.3 Å². The molecule has 1 saturated heterocycles. The van der Waals surface area contributed by atoms with E-state index in [9.17, 15) is 4.79 Å². The lowest BCUT2D eigenvalue weighted by Gasteiger charge is -2.53. The number of carbonyl (C=O) groups excluding carboxylic acids is 1. The van der Waals surface area contributed by atoms with Crippen LogP contribution in [0.2, 0.25) is 18.1 Å². The van der Waals surface area contributed by atoms with E-state index in [2.05, 4.69) is 45.0 Å². The fourth-order valence-electron chi connectivity index (χ4n) is 1.94. The molecule has 1 heterocycles. The first-order valence-corrected chi connectivity index (χ1v) is 9.09. The molecule has 1 aliphatic rings. The van der Waals surface area contributed by atoms with Gasteiger partial charge in [0.1, 0.15) is 0 Å². The highest BCUT2D eigenvalue weighted by Gasteiger charge is 2.50. The standard InChI is InChI=1S/C13H25NOSi/c1-7-8-9-11-10-14(12(11)15)16(5,6)13(2,3)4/h7,11H,1,8-10H2,2-6H3. The van der Waals surface area contributed by atoms with E-state index >= 15 is 0 Å². The van der Waals surface area contributed by atoms with E-state index in [0.29, 0.717) is 5.91 Å². The van der Waals surface area contributed by atoms with Crippen molar-refractivity contribution in [2.45, 2.75) is 51.7 Å². The van der Waals surface area contributed by atoms with E-state index in [-0.39, 0.29) is 11.0 Å². The zero-order valence-electron chi connectivity index (χ0n) is 11.3. The molecule has 0 aromatic carbocycles. The second-order valence-corrected chi connectivity index (χ2v) is 11.5. The van der Waals surface area contributed by atoms with Gasteiger partial charge in [0, 0.05) is 6.54 Å². The lowest BCUT2D eigenvalue weighted by atomic mass is 9.96. The van der Waals surface area contributed by atoms with Gasteiger partial charge in [-0.25, -0.2) is 0 Å². The SMILES string of the molecule is C=CCCC1CN([Si](C)(C)C(C)(C)C)C1=O. The maximum Gasteiger partial charge on any atom is 0.219 e. The Hall–Kier alpha value is -0.573. The predicted molar refractivity (Wildman–Crippen MR) is 71.8 cm³/mol. The first-order chi connectivity index (χ1) is 7.21. The van der Waals surface area contributed by atoms with Crippen LogP contribution in [0.4, 0.5) is 0 Å². The monoisotopic (exact) mass is 239 g/mol. The summed E-state index contributed by atoms with van der Waals surface area (Å²) in [6, 6.07) is 0. The number of hydrogen-bond donors (Lipinski definition) is 0. The smallest absolute Gasteiger partial charge is 0.219 e. The molecular weight excluding hydrogens is 214 g/mol. The number of rotatable bonds is 4. The Kier molecular flexibility index (Phi) is 3.68. The minimum absolute atomic E-state index is 0.256. The van der Waals surface area contributed by atoms with Crippen molar-refractivity contribution in [2.24, 2.45) is 5.92 Å². The number of carbonyl (C=O) groups is 1. The van der Waals surface area contributed by atoms with Gasteiger partial charge in [0.25, 0.3) is 0 Å². The highest BCUT2D eigenvalue weighted by atomic mass is 28.3. The molecule has 16 heavy (non-hydrogen) atoms. The second kappa shape index (κ2) is 4.36. The van der Waals surface area contributed by atoms with Gasteiger partial charge in [0.05, 0.1) is 5.92 Å². The van der Waals surface area contributed by atoms with Gasteiger partial charge in [0.15, 0.2) is 8.24 Å². The maximum atomic E-state index is 12.1. The highest BCUT2D eigenvalue weighted by molar-refractivity contribution is 6.79. The van der Waals surface area contributed by atoms with Crippen LogP contribution < -0.4 is 0 Å². The van der Waals surface area contributed by atoms with Crippen LogP contribution >= 0.6 is 0 Å². The third-order valence-corrected chi connectivity index (χ3v) is 9.67. The first-order valence-electron chi connectivity index (χ1n) is 6.14. The Morgan fingerprint density at radius 3 is 2.44 bits per heavy atom. The van der Waals surface area contributed by atoms with Gasteiger partial charge in [-0.3, -0.25) is 4.79 Å². The van der Waals surface area contributed by atoms with E-state index < -0.39 is 8.24 Å². The van der Waals surface area contributed by atoms with E-state index in [1.165, 1.54) is 0 Å². The minimum Gasteiger partial charge on any atom is -0.368 e. The summed E-state index contributed by atoms with van der Waals surface area (Å²) in [4.78, 5) is 12.1. The van der Waals surface area contributed by atoms with E-state index in [4.69, 9.17) is 0 Å². The normalized spacial score (nSPS) is 21.9. The van der Waals surface area contributed by atoms with E-state index in [1.54, 1.807) is 0 Å². The number of hydrogen-bond acceptors (Lipinski definition) is 1. The Labute approximate surface area is 101 Å². The third-order valence-electron chi connectivity index (χ3n) is 4.25. The molecule has 1 unspecified atom stereocenters. The van der Waals surface area contributed by atoms with Crippen molar-refractivity contribution in [1.82, 2.24) is 4.57 Å². The molecule has 1 atom stereocenters. The fourth-order valence-corrected chi connectivity index (χ4v) is 4.16. The molecular formula is C13H25NOSi. The molecule has 0 aromatic rings. The van der Waals surface area contributed by atoms with Gasteiger partial charge in [-0.15, -0.1) is 6.58 Å². The molecule has 92 valence electrons. The Morgan fingerprint density at radius 2 is 2.06 bits per heavy atom. The van der Waals surface area contributed by atoms with Gasteiger partial charge in [0.2, 0.25) is 5.91 Å². The van der Waals surface area contributed by atoms with Crippen molar-refractivity contribution in [3.05, 3.63) is 12.7 Å². The third kappa shape index (κ3) is 2.24. The van der Waals surface area contributed by atoms with Crippen molar-refractivity contribution in [3.8, 4) is 0 Å². The summed E-state index contributed by atoms with van der Waals surface area (Å²) in [5.41, 5.74) is 0. The molecule has 0 bridgehead atoms. The summed E-state index contributed by atoms with van der Waals surface area (Å²) in [5, 5.41) is 0.256. The Bertz CT molecular complexity index is 291. The van der Waals surface area contributed by atoms with Crippen molar-refractivity contribution in [2.75, 3.05) is 6.54 Å². The first kappa shape index (κ1) is 13.5. The molecule has 0 radical (unpaired) electrons. The van der Waals surface area contributed by atoms with Crippen LogP contribution in [0.5, 0.6) is 0 Å². The van der Waals surface area contributed by atoms with Crippen molar-refractivity contribution >= 4 is 14.1 Å². The molecule has 1 fully saturated rings. The molecule has 0 aliphatic carbocycles. The molecule has 0 spiro atoms. The highest BCUT2D eigenvalue weighted by Crippen LogP contribution is 2.42. The number of allylic oxidation sites excluding steroid dienone is 1. The molecule has 3 heteroatoms. The van der Waals surface area contributed by atoms with Crippen molar-refractivity contribution < 1.29 is 4.79 Å². The number of β-lactam (4-membered cyclic amide) rings is 1. The largest absolute Gasteiger partial charge is 0.368 e. The molecule has 2 nitrogen and oxygen atoms in total. The van der Waals surface area contributed by atoms with Crippen LogP contribution in [0, 0.1) is 5.92 Å². The molecule has 1 aliphatic heterocycles. The summed E-state index contributed by atoms with van der Waals surface area (Å²) in [6.07, 6.45) is 3.84. The van der Waals surface area contributed by atoms with Crippen LogP contribution in [-0.4, -0.2) is 25.3 Å². The average molecular weight is 239 g/mol. The fraction of sp³-hybridized carbons (Fsp3) is 0.769. The molecule has 0 saturated carbocycles. The number of nitrogens with zero attached hydrogens (tertiary/aromatic N) is 1. The zero-order chi connectivity index (χ0) is 12.6. The van der Waals surface area contributed by atoms with Crippen molar-refractivity contribution in [1.29, 1.82) is 0 Å². The van der Waals surface area contributed by atoms with Gasteiger partial charge < -0.3 is 4.57 Å². The van der Waals surface area contributed by atoms with Crippen LogP contribution in [-0.2, 0) is 4.79 Å². The second-order valence-electron chi connectivity index (χ2n) is 6.32. The Balaban J connectivity index is 2.61. The number of amides is 1. The van der Waals surface area contributed by atoms with Gasteiger partial charge in [-0.1, -0.05) is 39.9 Å². The minimum atomic E-state index is -1.61. The van der Waals surface area contributed by atoms with Crippen LogP contribution in [0.15, 0.2) is 12.7 Å². The summed E-state index contributed by atoms with van der Waals surface area (Å²) in [7, 11) is -1.61. The maximum absolute atomic E-state index is 12.1. The van der Waals surface area contributed by atoms with E-state index in [0.717, 1.165) is 19.4 Å². The van der Waals surface area contributed by atoms with Crippen LogP contribution in [0.25, 0.3) is 0 Å². The quantitative estimate of drug-likeness (QED) is 0.418. The van der Waals surface area contributed by atoms with Gasteiger partial charge in [-0.05, 0) is 17.9 Å². The summed E-state index contributed by atoms with van der Waals surface area (Å²) in [5.74, 6) is 0.653. The average Bonchev–Trinajstić information content (AvgIpc) is 2.13. The molecule has 1 amide bonds. The van der Waals surface area contributed by atoms with E-state index in [1.807, 2.05) is 6.08 Å². The van der Waals surface area contributed by atoms with Crippen LogP contribution in [0.3, 0.4) is 0 Å². The Morgan fingerprint density at radius 1 is 1.50 bits per heavy atom.